The standard InChI is InChI=1S/C12H15F3N4O/c13-12(14,15)7-2-1-5-19(6-7)11-8(16)3-4-9(18-11)10(17)20/h3-4,7H,1-2,5-6,16H2,(H2,17,20). The van der Waals surface area contributed by atoms with E-state index < -0.39 is 18.0 Å². The molecule has 2 heterocycles. The SMILES string of the molecule is NC(=O)c1ccc(N)c(N2CCCC(C(F)(F)F)C2)n1. The molecular weight excluding hydrogens is 273 g/mol. The van der Waals surface area contributed by atoms with E-state index in [-0.39, 0.29) is 30.2 Å². The van der Waals surface area contributed by atoms with E-state index in [0.29, 0.717) is 13.0 Å². The molecule has 0 spiro atoms. The second-order valence-electron chi connectivity index (χ2n) is 4.80. The lowest BCUT2D eigenvalue weighted by molar-refractivity contribution is -0.176. The van der Waals surface area contributed by atoms with Crippen LogP contribution in [0.25, 0.3) is 0 Å². The van der Waals surface area contributed by atoms with Crippen molar-refractivity contribution in [1.82, 2.24) is 4.98 Å². The van der Waals surface area contributed by atoms with Gasteiger partial charge >= 0.3 is 6.18 Å². The number of carbonyl (C=O) groups is 1. The number of anilines is 2. The molecule has 1 aromatic rings. The number of rotatable bonds is 2. The highest BCUT2D eigenvalue weighted by Crippen LogP contribution is 2.35. The lowest BCUT2D eigenvalue weighted by Crippen LogP contribution is -2.42. The molecule has 1 amide bonds. The number of hydrogen-bond donors (Lipinski definition) is 2. The zero-order valence-electron chi connectivity index (χ0n) is 10.7. The van der Waals surface area contributed by atoms with Gasteiger partial charge in [-0.2, -0.15) is 13.2 Å². The number of amides is 1. The predicted octanol–water partition coefficient (Wildman–Crippen LogP) is 1.54. The van der Waals surface area contributed by atoms with Crippen LogP contribution in [0.4, 0.5) is 24.7 Å². The molecule has 1 aromatic heterocycles. The fourth-order valence-electron chi connectivity index (χ4n) is 2.29. The lowest BCUT2D eigenvalue weighted by atomic mass is 9.97. The van der Waals surface area contributed by atoms with E-state index in [1.807, 2.05) is 0 Å². The summed E-state index contributed by atoms with van der Waals surface area (Å²) in [6, 6.07) is 2.78. The largest absolute Gasteiger partial charge is 0.396 e. The average Bonchev–Trinajstić information content (AvgIpc) is 2.38. The third-order valence-corrected chi connectivity index (χ3v) is 3.34. The normalized spacial score (nSPS) is 19.9. The first kappa shape index (κ1) is 14.4. The first-order valence-electron chi connectivity index (χ1n) is 6.17. The highest BCUT2D eigenvalue weighted by molar-refractivity contribution is 5.91. The van der Waals surface area contributed by atoms with Gasteiger partial charge in [0.15, 0.2) is 5.82 Å². The summed E-state index contributed by atoms with van der Waals surface area (Å²) >= 11 is 0. The van der Waals surface area contributed by atoms with Gasteiger partial charge in [-0.1, -0.05) is 0 Å². The summed E-state index contributed by atoms with van der Waals surface area (Å²) in [5.74, 6) is -1.96. The van der Waals surface area contributed by atoms with Gasteiger partial charge in [-0.3, -0.25) is 4.79 Å². The average molecular weight is 288 g/mol. The molecule has 110 valence electrons. The van der Waals surface area contributed by atoms with E-state index in [1.54, 1.807) is 0 Å². The summed E-state index contributed by atoms with van der Waals surface area (Å²) in [7, 11) is 0. The minimum Gasteiger partial charge on any atom is -0.396 e. The van der Waals surface area contributed by atoms with Crippen molar-refractivity contribution in [3.63, 3.8) is 0 Å². The van der Waals surface area contributed by atoms with Crippen LogP contribution in [0.5, 0.6) is 0 Å². The first-order chi connectivity index (χ1) is 9.29. The van der Waals surface area contributed by atoms with Crippen LogP contribution in [0.3, 0.4) is 0 Å². The quantitative estimate of drug-likeness (QED) is 0.864. The number of alkyl halides is 3. The van der Waals surface area contributed by atoms with E-state index in [0.717, 1.165) is 0 Å². The van der Waals surface area contributed by atoms with Crippen LogP contribution in [0.1, 0.15) is 23.3 Å². The summed E-state index contributed by atoms with van der Waals surface area (Å²) in [6.45, 7) is 0.217. The van der Waals surface area contributed by atoms with Crippen molar-refractivity contribution in [2.24, 2.45) is 11.7 Å². The van der Waals surface area contributed by atoms with E-state index in [9.17, 15) is 18.0 Å². The van der Waals surface area contributed by atoms with Gasteiger partial charge in [-0.25, -0.2) is 4.98 Å². The molecule has 8 heteroatoms. The van der Waals surface area contributed by atoms with Crippen molar-refractivity contribution in [2.45, 2.75) is 19.0 Å². The van der Waals surface area contributed by atoms with Crippen molar-refractivity contribution >= 4 is 17.4 Å². The molecular formula is C12H15F3N4O. The zero-order valence-corrected chi connectivity index (χ0v) is 10.7. The molecule has 5 nitrogen and oxygen atoms in total. The number of primary amides is 1. The predicted molar refractivity (Wildman–Crippen MR) is 68.2 cm³/mol. The molecule has 1 saturated heterocycles. The zero-order chi connectivity index (χ0) is 14.9. The Labute approximate surface area is 113 Å². The highest BCUT2D eigenvalue weighted by Gasteiger charge is 2.42. The van der Waals surface area contributed by atoms with Crippen LogP contribution in [-0.4, -0.2) is 30.2 Å². The Morgan fingerprint density at radius 3 is 2.70 bits per heavy atom. The van der Waals surface area contributed by atoms with Gasteiger partial charge in [0.2, 0.25) is 0 Å². The van der Waals surface area contributed by atoms with Crippen LogP contribution in [0.15, 0.2) is 12.1 Å². The smallest absolute Gasteiger partial charge is 0.393 e. The lowest BCUT2D eigenvalue weighted by Gasteiger charge is -2.35. The van der Waals surface area contributed by atoms with Gasteiger partial charge in [-0.15, -0.1) is 0 Å². The summed E-state index contributed by atoms with van der Waals surface area (Å²) in [6.07, 6.45) is -3.75. The molecule has 0 radical (unpaired) electrons. The first-order valence-corrected chi connectivity index (χ1v) is 6.17. The molecule has 0 saturated carbocycles. The van der Waals surface area contributed by atoms with Crippen molar-refractivity contribution < 1.29 is 18.0 Å². The van der Waals surface area contributed by atoms with Crippen LogP contribution >= 0.6 is 0 Å². The fourth-order valence-corrected chi connectivity index (χ4v) is 2.29. The van der Waals surface area contributed by atoms with Crippen LogP contribution < -0.4 is 16.4 Å². The Hall–Kier alpha value is -1.99. The fraction of sp³-hybridized carbons (Fsp3) is 0.500. The Balaban J connectivity index is 2.27. The Morgan fingerprint density at radius 2 is 2.10 bits per heavy atom. The van der Waals surface area contributed by atoms with Crippen molar-refractivity contribution in [1.29, 1.82) is 0 Å². The summed E-state index contributed by atoms with van der Waals surface area (Å²) in [5.41, 5.74) is 11.1. The number of nitrogens with two attached hydrogens (primary N) is 2. The maximum absolute atomic E-state index is 12.8. The highest BCUT2D eigenvalue weighted by atomic mass is 19.4. The molecule has 1 atom stereocenters. The number of halogens is 3. The van der Waals surface area contributed by atoms with Gasteiger partial charge in [0.1, 0.15) is 5.69 Å². The van der Waals surface area contributed by atoms with E-state index >= 15 is 0 Å². The summed E-state index contributed by atoms with van der Waals surface area (Å²) < 4.78 is 38.4. The van der Waals surface area contributed by atoms with E-state index in [2.05, 4.69) is 4.98 Å². The number of carbonyl (C=O) groups excluding carboxylic acids is 1. The van der Waals surface area contributed by atoms with Crippen molar-refractivity contribution in [3.05, 3.63) is 17.8 Å². The Bertz CT molecular complexity index is 518. The second kappa shape index (κ2) is 5.18. The molecule has 1 aliphatic heterocycles. The monoisotopic (exact) mass is 288 g/mol. The Kier molecular flexibility index (Phi) is 3.74. The number of pyridine rings is 1. The maximum atomic E-state index is 12.8. The number of nitrogens with zero attached hydrogens (tertiary/aromatic N) is 2. The van der Waals surface area contributed by atoms with Crippen LogP contribution in [0.2, 0.25) is 0 Å². The number of aromatic nitrogens is 1. The van der Waals surface area contributed by atoms with Crippen molar-refractivity contribution in [3.8, 4) is 0 Å². The van der Waals surface area contributed by atoms with Crippen molar-refractivity contribution in [2.75, 3.05) is 23.7 Å². The molecule has 20 heavy (non-hydrogen) atoms. The van der Waals surface area contributed by atoms with Gasteiger partial charge in [-0.05, 0) is 25.0 Å². The van der Waals surface area contributed by atoms with Crippen LogP contribution in [-0.2, 0) is 0 Å². The number of nitrogen functional groups attached to an aromatic ring is 1. The molecule has 1 aliphatic rings. The minimum atomic E-state index is -4.24. The van der Waals surface area contributed by atoms with Gasteiger partial charge in [0.25, 0.3) is 5.91 Å². The van der Waals surface area contributed by atoms with Gasteiger partial charge in [0, 0.05) is 13.1 Å². The van der Waals surface area contributed by atoms with Crippen LogP contribution in [0, 0.1) is 5.92 Å². The summed E-state index contributed by atoms with van der Waals surface area (Å²) in [4.78, 5) is 16.5. The maximum Gasteiger partial charge on any atom is 0.393 e. The third-order valence-electron chi connectivity index (χ3n) is 3.34. The molecule has 0 aliphatic carbocycles. The molecule has 0 bridgehead atoms. The topological polar surface area (TPSA) is 85.2 Å². The van der Waals surface area contributed by atoms with E-state index in [4.69, 9.17) is 11.5 Å². The number of piperidine rings is 1. The molecule has 4 N–H and O–H groups in total. The Morgan fingerprint density at radius 1 is 1.40 bits per heavy atom. The third kappa shape index (κ3) is 2.94. The molecule has 0 aromatic carbocycles. The second-order valence-corrected chi connectivity index (χ2v) is 4.80. The minimum absolute atomic E-state index is 0.0108. The molecule has 1 unspecified atom stereocenters. The van der Waals surface area contributed by atoms with E-state index in [1.165, 1.54) is 17.0 Å². The summed E-state index contributed by atoms with van der Waals surface area (Å²) in [5, 5.41) is 0. The van der Waals surface area contributed by atoms with Gasteiger partial charge in [0.05, 0.1) is 11.6 Å². The molecule has 1 fully saturated rings. The van der Waals surface area contributed by atoms with Gasteiger partial charge < -0.3 is 16.4 Å². The molecule has 2 rings (SSSR count). The number of hydrogen-bond acceptors (Lipinski definition) is 4.